The van der Waals surface area contributed by atoms with Crippen molar-refractivity contribution in [2.45, 2.75) is 13.2 Å². The van der Waals surface area contributed by atoms with Crippen LogP contribution in [0.15, 0.2) is 47.1 Å². The van der Waals surface area contributed by atoms with Crippen LogP contribution in [0, 0.1) is 5.82 Å². The number of rotatable bonds is 9. The molecule has 3 rings (SSSR count). The molecule has 2 aromatic carbocycles. The summed E-state index contributed by atoms with van der Waals surface area (Å²) in [4.78, 5) is 11.8. The third-order valence-corrected chi connectivity index (χ3v) is 4.33. The minimum atomic E-state index is -0.437. The summed E-state index contributed by atoms with van der Waals surface area (Å²) in [5.41, 5.74) is 7.19. The number of amides is 1. The predicted molar refractivity (Wildman–Crippen MR) is 105 cm³/mol. The van der Waals surface area contributed by atoms with Crippen LogP contribution in [-0.4, -0.2) is 29.3 Å². The smallest absolute Gasteiger partial charge is 0.277 e. The highest BCUT2D eigenvalue weighted by molar-refractivity contribution is 6.31. The van der Waals surface area contributed by atoms with Gasteiger partial charge in [0.1, 0.15) is 18.2 Å². The highest BCUT2D eigenvalue weighted by atomic mass is 35.5. The van der Waals surface area contributed by atoms with E-state index in [1.807, 2.05) is 24.3 Å². The van der Waals surface area contributed by atoms with Crippen LogP contribution in [0.25, 0.3) is 0 Å². The zero-order valence-electron chi connectivity index (χ0n) is 15.3. The summed E-state index contributed by atoms with van der Waals surface area (Å²) in [5.74, 6) is -0.178. The summed E-state index contributed by atoms with van der Waals surface area (Å²) in [5, 5.41) is 13.0. The van der Waals surface area contributed by atoms with Gasteiger partial charge in [0.15, 0.2) is 0 Å². The fourth-order valence-corrected chi connectivity index (χ4v) is 2.66. The lowest BCUT2D eigenvalue weighted by Gasteiger charge is -2.09. The number of halogens is 2. The minimum Gasteiger partial charge on any atom is -0.489 e. The van der Waals surface area contributed by atoms with Crippen LogP contribution in [-0.2, 0) is 13.2 Å². The first-order chi connectivity index (χ1) is 14.0. The number of nitrogens with one attached hydrogen (secondary N) is 2. The Morgan fingerprint density at radius 1 is 1.17 bits per heavy atom. The molecule has 0 saturated heterocycles. The van der Waals surface area contributed by atoms with Gasteiger partial charge in [0.25, 0.3) is 5.91 Å². The summed E-state index contributed by atoms with van der Waals surface area (Å²) < 4.78 is 23.1. The molecule has 0 aliphatic heterocycles. The lowest BCUT2D eigenvalue weighted by atomic mass is 10.2. The first-order valence-corrected chi connectivity index (χ1v) is 9.13. The van der Waals surface area contributed by atoms with Crippen LogP contribution < -0.4 is 21.1 Å². The van der Waals surface area contributed by atoms with Crippen molar-refractivity contribution in [1.29, 1.82) is 0 Å². The molecule has 152 valence electrons. The Bertz CT molecular complexity index is 965. The van der Waals surface area contributed by atoms with Gasteiger partial charge >= 0.3 is 0 Å². The van der Waals surface area contributed by atoms with Crippen LogP contribution in [0.4, 0.5) is 10.2 Å². The van der Waals surface area contributed by atoms with E-state index in [1.54, 1.807) is 6.07 Å². The number of carbonyl (C=O) groups excluding carboxylic acids is 1. The van der Waals surface area contributed by atoms with E-state index < -0.39 is 5.91 Å². The number of nitrogens with zero attached hydrogens (tertiary/aromatic N) is 2. The van der Waals surface area contributed by atoms with Crippen LogP contribution in [0.2, 0.25) is 5.02 Å². The normalized spacial score (nSPS) is 10.7. The third-order valence-electron chi connectivity index (χ3n) is 3.98. The molecule has 8 nitrogen and oxygen atoms in total. The number of hydrogen-bond acceptors (Lipinski definition) is 7. The van der Waals surface area contributed by atoms with Gasteiger partial charge in [0.05, 0.1) is 5.02 Å². The largest absolute Gasteiger partial charge is 0.489 e. The van der Waals surface area contributed by atoms with Crippen molar-refractivity contribution in [3.05, 3.63) is 70.1 Å². The Balaban J connectivity index is 1.37. The number of aromatic nitrogens is 2. The first-order valence-electron chi connectivity index (χ1n) is 8.75. The van der Waals surface area contributed by atoms with Crippen molar-refractivity contribution in [2.75, 3.05) is 18.8 Å². The molecule has 0 saturated carbocycles. The monoisotopic (exact) mass is 419 g/mol. The highest BCUT2D eigenvalue weighted by Crippen LogP contribution is 2.20. The summed E-state index contributed by atoms with van der Waals surface area (Å²) in [6, 6.07) is 11.7. The lowest BCUT2D eigenvalue weighted by molar-refractivity contribution is 0.0944. The van der Waals surface area contributed by atoms with Crippen molar-refractivity contribution in [1.82, 2.24) is 20.9 Å². The van der Waals surface area contributed by atoms with E-state index >= 15 is 0 Å². The van der Waals surface area contributed by atoms with Gasteiger partial charge in [0.2, 0.25) is 11.5 Å². The van der Waals surface area contributed by atoms with Gasteiger partial charge in [-0.3, -0.25) is 4.79 Å². The van der Waals surface area contributed by atoms with Gasteiger partial charge in [-0.25, -0.2) is 9.02 Å². The summed E-state index contributed by atoms with van der Waals surface area (Å²) in [6.45, 7) is 1.82. The van der Waals surface area contributed by atoms with Gasteiger partial charge < -0.3 is 21.1 Å². The van der Waals surface area contributed by atoms with Crippen molar-refractivity contribution in [3.8, 4) is 5.75 Å². The zero-order chi connectivity index (χ0) is 20.6. The van der Waals surface area contributed by atoms with Gasteiger partial charge in [-0.15, -0.1) is 0 Å². The number of nitrogens with two attached hydrogens (primary N) is 1. The zero-order valence-corrected chi connectivity index (χ0v) is 16.1. The number of ether oxygens (including phenoxy) is 1. The van der Waals surface area contributed by atoms with Gasteiger partial charge in [-0.05, 0) is 40.1 Å². The van der Waals surface area contributed by atoms with E-state index in [1.165, 1.54) is 12.1 Å². The summed E-state index contributed by atoms with van der Waals surface area (Å²) >= 11 is 5.99. The number of carbonyl (C=O) groups is 1. The summed E-state index contributed by atoms with van der Waals surface area (Å²) in [7, 11) is 0. The number of anilines is 1. The van der Waals surface area contributed by atoms with Crippen molar-refractivity contribution < 1.29 is 18.6 Å². The Labute approximate surface area is 171 Å². The molecule has 10 heteroatoms. The van der Waals surface area contributed by atoms with Gasteiger partial charge in [-0.2, -0.15) is 0 Å². The maximum absolute atomic E-state index is 13.1. The number of nitrogen functional groups attached to an aromatic ring is 1. The second-order valence-electron chi connectivity index (χ2n) is 6.10. The van der Waals surface area contributed by atoms with Crippen LogP contribution in [0.5, 0.6) is 5.75 Å². The van der Waals surface area contributed by atoms with Crippen LogP contribution in [0.1, 0.15) is 21.6 Å². The molecule has 0 aliphatic rings. The molecule has 1 aromatic heterocycles. The average Bonchev–Trinajstić information content (AvgIpc) is 3.14. The molecular weight excluding hydrogens is 401 g/mol. The quantitative estimate of drug-likeness (QED) is 0.456. The molecule has 3 aromatic rings. The fraction of sp³-hybridized carbons (Fsp3) is 0.211. The van der Waals surface area contributed by atoms with E-state index in [0.717, 1.165) is 5.56 Å². The van der Waals surface area contributed by atoms with Gasteiger partial charge in [0, 0.05) is 25.2 Å². The summed E-state index contributed by atoms with van der Waals surface area (Å²) in [6.07, 6.45) is 0. The second kappa shape index (κ2) is 9.85. The molecule has 1 amide bonds. The van der Waals surface area contributed by atoms with Crippen molar-refractivity contribution in [3.63, 3.8) is 0 Å². The lowest BCUT2D eigenvalue weighted by Crippen LogP contribution is -2.32. The molecule has 29 heavy (non-hydrogen) atoms. The maximum Gasteiger partial charge on any atom is 0.277 e. The van der Waals surface area contributed by atoms with Crippen LogP contribution >= 0.6 is 11.6 Å². The van der Waals surface area contributed by atoms with E-state index in [0.29, 0.717) is 36.0 Å². The maximum atomic E-state index is 13.1. The Morgan fingerprint density at radius 3 is 2.66 bits per heavy atom. The molecule has 0 bridgehead atoms. The molecule has 0 aliphatic carbocycles. The van der Waals surface area contributed by atoms with Crippen LogP contribution in [0.3, 0.4) is 0 Å². The predicted octanol–water partition coefficient (Wildman–Crippen LogP) is 2.54. The Morgan fingerprint density at radius 2 is 1.97 bits per heavy atom. The van der Waals surface area contributed by atoms with E-state index in [-0.39, 0.29) is 23.9 Å². The Hall–Kier alpha value is -3.17. The van der Waals surface area contributed by atoms with Gasteiger partial charge in [-0.1, -0.05) is 29.8 Å². The fourth-order valence-electron chi connectivity index (χ4n) is 2.44. The average molecular weight is 420 g/mol. The molecular formula is C19H19ClFN5O3. The van der Waals surface area contributed by atoms with Crippen molar-refractivity contribution >= 4 is 23.3 Å². The SMILES string of the molecule is Nc1nonc1C(=O)NCCNCc1ccc(OCc2ccc(F)cc2Cl)cc1. The first kappa shape index (κ1) is 20.6. The third kappa shape index (κ3) is 5.90. The molecule has 0 fully saturated rings. The number of benzene rings is 2. The molecule has 0 atom stereocenters. The van der Waals surface area contributed by atoms with E-state index in [4.69, 9.17) is 22.1 Å². The highest BCUT2D eigenvalue weighted by Gasteiger charge is 2.14. The molecule has 0 unspecified atom stereocenters. The van der Waals surface area contributed by atoms with Crippen molar-refractivity contribution in [2.24, 2.45) is 0 Å². The Kier molecular flexibility index (Phi) is 6.99. The standard InChI is InChI=1S/C19H19ClFN5O3/c20-16-9-14(21)4-3-13(16)11-28-15-5-1-12(2-6-15)10-23-7-8-24-19(27)17-18(22)26-29-25-17/h1-6,9,23H,7-8,10-11H2,(H2,22,26)(H,24,27). The van der Waals surface area contributed by atoms with E-state index in [9.17, 15) is 9.18 Å². The number of hydrogen-bond donors (Lipinski definition) is 3. The second-order valence-corrected chi connectivity index (χ2v) is 6.51. The molecule has 0 radical (unpaired) electrons. The molecule has 0 spiro atoms. The minimum absolute atomic E-state index is 0.0255. The molecule has 1 heterocycles. The molecule has 4 N–H and O–H groups in total. The topological polar surface area (TPSA) is 115 Å². The van der Waals surface area contributed by atoms with E-state index in [2.05, 4.69) is 25.6 Å².